The third-order valence-corrected chi connectivity index (χ3v) is 1.67. The maximum absolute atomic E-state index is 9.27. The molecule has 0 spiro atoms. The zero-order valence-corrected chi connectivity index (χ0v) is 8.16. The van der Waals surface area contributed by atoms with Crippen molar-refractivity contribution in [2.45, 2.75) is 6.92 Å². The zero-order valence-electron chi connectivity index (χ0n) is 6.65. The molecule has 0 aliphatic heterocycles. The zero-order chi connectivity index (χ0) is 10.1. The lowest BCUT2D eigenvalue weighted by Gasteiger charge is -2.15. The van der Waals surface area contributed by atoms with Crippen LogP contribution in [-0.2, 0) is 0 Å². The van der Waals surface area contributed by atoms with Crippen LogP contribution < -0.4 is 4.81 Å². The predicted octanol–water partition coefficient (Wildman–Crippen LogP) is 1.28. The van der Waals surface area contributed by atoms with Gasteiger partial charge in [-0.25, -0.2) is 0 Å². The van der Waals surface area contributed by atoms with Gasteiger partial charge < -0.3 is 0 Å². The van der Waals surface area contributed by atoms with Crippen molar-refractivity contribution in [3.63, 3.8) is 0 Å². The van der Waals surface area contributed by atoms with Crippen molar-refractivity contribution in [1.82, 2.24) is 19.8 Å². The third-order valence-electron chi connectivity index (χ3n) is 1.33. The molecule has 0 unspecified atom stereocenters. The Morgan fingerprint density at radius 2 is 1.62 bits per heavy atom. The second kappa shape index (κ2) is 3.69. The first-order valence-corrected chi connectivity index (χ1v) is 4.12. The lowest BCUT2D eigenvalue weighted by molar-refractivity contribution is -0.292. The van der Waals surface area contributed by atoms with Crippen LogP contribution in [0.25, 0.3) is 0 Å². The van der Waals surface area contributed by atoms with Crippen LogP contribution in [0.1, 0.15) is 6.92 Å². The first-order valence-electron chi connectivity index (χ1n) is 3.37. The summed E-state index contributed by atoms with van der Waals surface area (Å²) in [5, 5.41) is 18.2. The molecule has 0 aliphatic carbocycles. The number of hydrogen-bond donors (Lipinski definition) is 2. The van der Waals surface area contributed by atoms with Crippen molar-refractivity contribution in [1.29, 1.82) is 0 Å². The second-order valence-electron chi connectivity index (χ2n) is 2.22. The van der Waals surface area contributed by atoms with Crippen LogP contribution in [0.3, 0.4) is 0 Å². The van der Waals surface area contributed by atoms with Gasteiger partial charge in [0.1, 0.15) is 6.54 Å². The molecule has 8 heteroatoms. The van der Waals surface area contributed by atoms with Crippen LogP contribution in [0.15, 0.2) is 0 Å². The highest BCUT2D eigenvalue weighted by Gasteiger charge is 2.29. The fraction of sp³-hybridized carbons (Fsp3) is 0.400. The Kier molecular flexibility index (Phi) is 2.99. The molecule has 0 saturated heterocycles. The molecule has 2 N–H and O–H groups in total. The molecule has 1 rings (SSSR count). The van der Waals surface area contributed by atoms with Gasteiger partial charge in [-0.3, -0.25) is 0 Å². The number of halogens is 2. The summed E-state index contributed by atoms with van der Waals surface area (Å²) in [6.07, 6.45) is 0. The van der Waals surface area contributed by atoms with Crippen molar-refractivity contribution < 1.29 is 10.4 Å². The predicted molar refractivity (Wildman–Crippen MR) is 45.8 cm³/mol. The summed E-state index contributed by atoms with van der Waals surface area (Å²) >= 11 is 10.9. The molecule has 6 nitrogen and oxygen atoms in total. The Morgan fingerprint density at radius 3 is 2.00 bits per heavy atom. The van der Waals surface area contributed by atoms with Crippen LogP contribution in [-0.4, -0.2) is 31.9 Å². The summed E-state index contributed by atoms with van der Waals surface area (Å²) in [6.45, 7) is 1.50. The van der Waals surface area contributed by atoms with Gasteiger partial charge in [0, 0.05) is 4.81 Å². The fourth-order valence-electron chi connectivity index (χ4n) is 0.618. The van der Waals surface area contributed by atoms with E-state index >= 15 is 0 Å². The molecule has 0 amide bonds. The first-order chi connectivity index (χ1) is 5.95. The van der Waals surface area contributed by atoms with Crippen LogP contribution in [0.5, 0.6) is 0 Å². The molecule has 13 heavy (non-hydrogen) atoms. The van der Waals surface area contributed by atoms with E-state index in [9.17, 15) is 10.4 Å². The maximum atomic E-state index is 9.27. The molecule has 0 aliphatic rings. The van der Waals surface area contributed by atoms with E-state index < -0.39 is 4.81 Å². The number of hydroxylamine groups is 2. The van der Waals surface area contributed by atoms with Gasteiger partial charge in [0.2, 0.25) is 10.6 Å². The summed E-state index contributed by atoms with van der Waals surface area (Å²) < 4.78 is 0. The summed E-state index contributed by atoms with van der Waals surface area (Å²) in [5.74, 6) is -0.312. The minimum atomic E-state index is -1.47. The lowest BCUT2D eigenvalue weighted by Crippen LogP contribution is -2.43. The van der Waals surface area contributed by atoms with Gasteiger partial charge in [0.15, 0.2) is 0 Å². The quantitative estimate of drug-likeness (QED) is 0.586. The van der Waals surface area contributed by atoms with E-state index in [2.05, 4.69) is 15.0 Å². The Balaban J connectivity index is 3.15. The van der Waals surface area contributed by atoms with Gasteiger partial charge in [0.05, 0.1) is 0 Å². The van der Waals surface area contributed by atoms with Gasteiger partial charge in [-0.15, -0.1) is 9.97 Å². The number of quaternary nitrogens is 1. The van der Waals surface area contributed by atoms with Gasteiger partial charge in [0.25, 0.3) is 0 Å². The molecule has 1 heterocycles. The minimum absolute atomic E-state index is 0.0311. The molecule has 0 fully saturated rings. The Labute approximate surface area is 83.9 Å². The number of hydrogen-bond acceptors (Lipinski definition) is 5. The normalized spacial score (nSPS) is 11.8. The van der Waals surface area contributed by atoms with Gasteiger partial charge in [-0.2, -0.15) is 15.4 Å². The lowest BCUT2D eigenvalue weighted by atomic mass is 10.7. The van der Waals surface area contributed by atoms with Crippen LogP contribution >= 0.6 is 23.2 Å². The van der Waals surface area contributed by atoms with E-state index in [0.29, 0.717) is 0 Å². The fourth-order valence-corrected chi connectivity index (χ4v) is 0.972. The van der Waals surface area contributed by atoms with Gasteiger partial charge in [-0.1, -0.05) is 0 Å². The van der Waals surface area contributed by atoms with E-state index in [1.54, 1.807) is 0 Å². The highest BCUT2D eigenvalue weighted by molar-refractivity contribution is 6.31. The van der Waals surface area contributed by atoms with Crippen LogP contribution in [0.4, 0.5) is 5.95 Å². The smallest absolute Gasteiger partial charge is 0.187 e. The van der Waals surface area contributed by atoms with E-state index in [4.69, 9.17) is 23.2 Å². The average molecular weight is 226 g/mol. The highest BCUT2D eigenvalue weighted by Crippen LogP contribution is 2.16. The standard InChI is InChI=1S/C5H7Cl2N4O2/c1-2-11(12,13)5-9-3(6)8-4(7)10-5/h12-13H,2H2,1H3/q+1. The molecule has 1 aromatic heterocycles. The van der Waals surface area contributed by atoms with E-state index in [-0.39, 0.29) is 23.1 Å². The van der Waals surface area contributed by atoms with Gasteiger partial charge >= 0.3 is 5.95 Å². The molecule has 0 saturated carbocycles. The SMILES string of the molecule is CC[N+](O)(O)c1nc(Cl)nc(Cl)n1. The van der Waals surface area contributed by atoms with Crippen LogP contribution in [0.2, 0.25) is 10.6 Å². The molecule has 0 radical (unpaired) electrons. The topological polar surface area (TPSA) is 79.1 Å². The third kappa shape index (κ3) is 2.45. The molecular weight excluding hydrogens is 219 g/mol. The number of nitrogens with zero attached hydrogens (tertiary/aromatic N) is 4. The highest BCUT2D eigenvalue weighted by atomic mass is 35.5. The Hall–Kier alpha value is -0.530. The summed E-state index contributed by atoms with van der Waals surface area (Å²) in [6, 6.07) is 0. The molecule has 0 aromatic carbocycles. The summed E-state index contributed by atoms with van der Waals surface area (Å²) in [7, 11) is 0. The minimum Gasteiger partial charge on any atom is -0.187 e. The Bertz CT molecular complexity index is 299. The monoisotopic (exact) mass is 225 g/mol. The molecule has 1 aromatic rings. The number of aromatic nitrogens is 3. The van der Waals surface area contributed by atoms with Crippen molar-refractivity contribution in [3.8, 4) is 0 Å². The molecule has 72 valence electrons. The van der Waals surface area contributed by atoms with E-state index in [0.717, 1.165) is 0 Å². The van der Waals surface area contributed by atoms with Crippen molar-refractivity contribution >= 4 is 29.2 Å². The largest absolute Gasteiger partial charge is 0.402 e. The molecule has 0 atom stereocenters. The molecule has 0 bridgehead atoms. The van der Waals surface area contributed by atoms with Gasteiger partial charge in [-0.05, 0) is 30.1 Å². The van der Waals surface area contributed by atoms with Crippen molar-refractivity contribution in [3.05, 3.63) is 10.6 Å². The van der Waals surface area contributed by atoms with Crippen molar-refractivity contribution in [2.75, 3.05) is 6.54 Å². The first kappa shape index (κ1) is 10.6. The average Bonchev–Trinajstić information content (AvgIpc) is 2.02. The Morgan fingerprint density at radius 1 is 1.15 bits per heavy atom. The van der Waals surface area contributed by atoms with E-state index in [1.807, 2.05) is 0 Å². The summed E-state index contributed by atoms with van der Waals surface area (Å²) in [4.78, 5) is 9.00. The molecular formula is C5H7Cl2N4O2+. The number of rotatable bonds is 2. The van der Waals surface area contributed by atoms with Crippen molar-refractivity contribution in [2.24, 2.45) is 0 Å². The van der Waals surface area contributed by atoms with E-state index in [1.165, 1.54) is 6.92 Å². The second-order valence-corrected chi connectivity index (χ2v) is 2.90. The summed E-state index contributed by atoms with van der Waals surface area (Å²) in [5.41, 5.74) is 0. The maximum Gasteiger partial charge on any atom is 0.402 e. The van der Waals surface area contributed by atoms with Crippen LogP contribution in [0, 0.1) is 0 Å².